The van der Waals surface area contributed by atoms with E-state index in [1.165, 1.54) is 18.2 Å². The first kappa shape index (κ1) is 14.8. The Hall–Kier alpha value is -2.62. The maximum absolute atomic E-state index is 12.1. The first-order valence-electron chi connectivity index (χ1n) is 6.65. The Morgan fingerprint density at radius 1 is 1.48 bits per heavy atom. The van der Waals surface area contributed by atoms with Crippen molar-refractivity contribution in [1.29, 1.82) is 5.26 Å². The molecule has 0 spiro atoms. The lowest BCUT2D eigenvalue weighted by Gasteiger charge is -2.34. The summed E-state index contributed by atoms with van der Waals surface area (Å²) in [6.45, 7) is 2.90. The summed E-state index contributed by atoms with van der Waals surface area (Å²) in [7, 11) is 0. The molecule has 0 radical (unpaired) electrons. The van der Waals surface area contributed by atoms with Crippen LogP contribution >= 0.6 is 0 Å². The minimum Gasteiger partial charge on any atom is -0.324 e. The molecule has 0 unspecified atom stereocenters. The molecule has 0 saturated carbocycles. The van der Waals surface area contributed by atoms with Gasteiger partial charge in [-0.05, 0) is 25.8 Å². The number of nitrogens with one attached hydrogen (secondary N) is 1. The highest BCUT2D eigenvalue weighted by molar-refractivity contribution is 5.89. The molecule has 1 aliphatic heterocycles. The van der Waals surface area contributed by atoms with Gasteiger partial charge in [0.15, 0.2) is 0 Å². The second-order valence-corrected chi connectivity index (χ2v) is 5.40. The van der Waals surface area contributed by atoms with Gasteiger partial charge in [0.1, 0.15) is 0 Å². The van der Waals surface area contributed by atoms with Gasteiger partial charge in [0.2, 0.25) is 0 Å². The van der Waals surface area contributed by atoms with Gasteiger partial charge < -0.3 is 10.2 Å². The average Bonchev–Trinajstić information content (AvgIpc) is 2.48. The van der Waals surface area contributed by atoms with Crippen LogP contribution in [0.25, 0.3) is 0 Å². The monoisotopic (exact) mass is 288 g/mol. The molecule has 1 aromatic rings. The fourth-order valence-corrected chi connectivity index (χ4v) is 2.21. The highest BCUT2D eigenvalue weighted by atomic mass is 16.6. The number of anilines is 1. The number of carbonyl (C=O) groups excluding carboxylic acids is 1. The van der Waals surface area contributed by atoms with Crippen molar-refractivity contribution in [3.8, 4) is 6.07 Å². The number of nitrogens with zero attached hydrogens (tertiary/aromatic N) is 3. The van der Waals surface area contributed by atoms with Crippen LogP contribution in [0.5, 0.6) is 0 Å². The summed E-state index contributed by atoms with van der Waals surface area (Å²) >= 11 is 0. The molecule has 21 heavy (non-hydrogen) atoms. The predicted molar refractivity (Wildman–Crippen MR) is 76.6 cm³/mol. The molecule has 1 saturated heterocycles. The van der Waals surface area contributed by atoms with Gasteiger partial charge in [-0.25, -0.2) is 4.79 Å². The third-order valence-corrected chi connectivity index (χ3v) is 3.73. The lowest BCUT2D eigenvalue weighted by atomic mass is 9.82. The van der Waals surface area contributed by atoms with E-state index in [9.17, 15) is 14.9 Å². The van der Waals surface area contributed by atoms with Crippen LogP contribution in [-0.4, -0.2) is 28.9 Å². The van der Waals surface area contributed by atoms with Gasteiger partial charge in [-0.15, -0.1) is 0 Å². The fourth-order valence-electron chi connectivity index (χ4n) is 2.21. The van der Waals surface area contributed by atoms with Crippen molar-refractivity contribution in [3.63, 3.8) is 0 Å². The highest BCUT2D eigenvalue weighted by Gasteiger charge is 2.31. The molecule has 1 aromatic carbocycles. The first-order chi connectivity index (χ1) is 9.93. The predicted octanol–water partition coefficient (Wildman–Crippen LogP) is 2.75. The first-order valence-corrected chi connectivity index (χ1v) is 6.65. The molecule has 7 nitrogen and oxygen atoms in total. The standard InChI is InChI=1S/C14H16N4O3/c1-14(10-15)5-7-17(8-6-14)13(19)16-11-3-2-4-12(9-11)18(20)21/h2-4,9H,5-8H2,1H3,(H,16,19). The van der Waals surface area contributed by atoms with Crippen molar-refractivity contribution in [2.75, 3.05) is 18.4 Å². The number of hydrogen-bond donors (Lipinski definition) is 1. The molecule has 1 heterocycles. The summed E-state index contributed by atoms with van der Waals surface area (Å²) < 4.78 is 0. The summed E-state index contributed by atoms with van der Waals surface area (Å²) in [5.41, 5.74) is -0.0474. The minimum atomic E-state index is -0.505. The number of likely N-dealkylation sites (tertiary alicyclic amines) is 1. The van der Waals surface area contributed by atoms with Crippen LogP contribution in [0.3, 0.4) is 0 Å². The Kier molecular flexibility index (Phi) is 4.08. The van der Waals surface area contributed by atoms with Crippen LogP contribution in [0.2, 0.25) is 0 Å². The van der Waals surface area contributed by atoms with Crippen LogP contribution in [0.4, 0.5) is 16.2 Å². The van der Waals surface area contributed by atoms with Gasteiger partial charge in [0, 0.05) is 30.9 Å². The summed E-state index contributed by atoms with van der Waals surface area (Å²) in [6, 6.07) is 7.80. The van der Waals surface area contributed by atoms with Crippen molar-refractivity contribution in [2.45, 2.75) is 19.8 Å². The SMILES string of the molecule is CC1(C#N)CCN(C(=O)Nc2cccc([N+](=O)[O-])c2)CC1. The Balaban J connectivity index is 1.98. The maximum atomic E-state index is 12.1. The van der Waals surface area contributed by atoms with E-state index in [1.54, 1.807) is 11.0 Å². The van der Waals surface area contributed by atoms with Crippen molar-refractivity contribution >= 4 is 17.4 Å². The molecule has 0 aromatic heterocycles. The third-order valence-electron chi connectivity index (χ3n) is 3.73. The number of non-ortho nitro benzene ring substituents is 1. The lowest BCUT2D eigenvalue weighted by Crippen LogP contribution is -2.43. The van der Waals surface area contributed by atoms with Crippen molar-refractivity contribution < 1.29 is 9.72 Å². The van der Waals surface area contributed by atoms with Gasteiger partial charge in [0.05, 0.1) is 16.4 Å². The van der Waals surface area contributed by atoms with Crippen LogP contribution in [0, 0.1) is 26.9 Å². The van der Waals surface area contributed by atoms with Gasteiger partial charge in [-0.3, -0.25) is 10.1 Å². The molecule has 2 rings (SSSR count). The van der Waals surface area contributed by atoms with E-state index in [0.717, 1.165) is 0 Å². The van der Waals surface area contributed by atoms with Gasteiger partial charge in [0.25, 0.3) is 5.69 Å². The van der Waals surface area contributed by atoms with Crippen LogP contribution in [0.1, 0.15) is 19.8 Å². The van der Waals surface area contributed by atoms with Crippen LogP contribution in [0.15, 0.2) is 24.3 Å². The summed E-state index contributed by atoms with van der Waals surface area (Å²) in [4.78, 5) is 23.9. The maximum Gasteiger partial charge on any atom is 0.321 e. The number of nitriles is 1. The molecular formula is C14H16N4O3. The summed E-state index contributed by atoms with van der Waals surface area (Å²) in [5.74, 6) is 0. The summed E-state index contributed by atoms with van der Waals surface area (Å²) in [6.07, 6.45) is 1.26. The minimum absolute atomic E-state index is 0.0662. The molecule has 2 amide bonds. The fraction of sp³-hybridized carbons (Fsp3) is 0.429. The lowest BCUT2D eigenvalue weighted by molar-refractivity contribution is -0.384. The zero-order valence-electron chi connectivity index (χ0n) is 11.7. The van der Waals surface area contributed by atoms with Crippen LogP contribution in [-0.2, 0) is 0 Å². The smallest absolute Gasteiger partial charge is 0.321 e. The number of carbonyl (C=O) groups is 1. The Labute approximate surface area is 122 Å². The number of nitro benzene ring substituents is 1. The van der Waals surface area contributed by atoms with E-state index >= 15 is 0 Å². The highest BCUT2D eigenvalue weighted by Crippen LogP contribution is 2.30. The van der Waals surface area contributed by atoms with E-state index in [2.05, 4.69) is 11.4 Å². The topological polar surface area (TPSA) is 99.3 Å². The molecule has 0 atom stereocenters. The Morgan fingerprint density at radius 2 is 2.14 bits per heavy atom. The average molecular weight is 288 g/mol. The Morgan fingerprint density at radius 3 is 2.71 bits per heavy atom. The number of urea groups is 1. The number of rotatable bonds is 2. The molecule has 0 aliphatic carbocycles. The van der Waals surface area contributed by atoms with E-state index < -0.39 is 4.92 Å². The van der Waals surface area contributed by atoms with Crippen molar-refractivity contribution in [3.05, 3.63) is 34.4 Å². The van der Waals surface area contributed by atoms with E-state index in [4.69, 9.17) is 5.26 Å². The number of nitro groups is 1. The molecule has 1 aliphatic rings. The quantitative estimate of drug-likeness (QED) is 0.668. The normalized spacial score (nSPS) is 16.9. The zero-order valence-corrected chi connectivity index (χ0v) is 11.7. The molecule has 1 fully saturated rings. The van der Waals surface area contributed by atoms with Gasteiger partial charge in [-0.1, -0.05) is 6.07 Å². The zero-order chi connectivity index (χ0) is 15.5. The van der Waals surface area contributed by atoms with Gasteiger partial charge >= 0.3 is 6.03 Å². The third kappa shape index (κ3) is 3.48. The number of piperidine rings is 1. The van der Waals surface area contributed by atoms with Crippen molar-refractivity contribution in [1.82, 2.24) is 4.90 Å². The molecule has 110 valence electrons. The van der Waals surface area contributed by atoms with E-state index in [0.29, 0.717) is 31.6 Å². The second kappa shape index (κ2) is 5.79. The molecule has 7 heteroatoms. The van der Waals surface area contributed by atoms with E-state index in [1.807, 2.05) is 6.92 Å². The van der Waals surface area contributed by atoms with E-state index in [-0.39, 0.29) is 17.1 Å². The number of hydrogen-bond acceptors (Lipinski definition) is 4. The van der Waals surface area contributed by atoms with Gasteiger partial charge in [-0.2, -0.15) is 5.26 Å². The second-order valence-electron chi connectivity index (χ2n) is 5.40. The van der Waals surface area contributed by atoms with Crippen LogP contribution < -0.4 is 5.32 Å². The Bertz CT molecular complexity index is 600. The number of amides is 2. The number of benzene rings is 1. The summed E-state index contributed by atoms with van der Waals surface area (Å²) in [5, 5.41) is 22.4. The van der Waals surface area contributed by atoms with Crippen molar-refractivity contribution in [2.24, 2.45) is 5.41 Å². The molecular weight excluding hydrogens is 272 g/mol. The molecule has 1 N–H and O–H groups in total. The largest absolute Gasteiger partial charge is 0.324 e. The molecule has 0 bridgehead atoms.